The van der Waals surface area contributed by atoms with Crippen molar-refractivity contribution in [1.82, 2.24) is 10.2 Å². The van der Waals surface area contributed by atoms with Gasteiger partial charge in [0.1, 0.15) is 6.04 Å². The number of imide groups is 1. The molecule has 4 fully saturated rings. The highest BCUT2D eigenvalue weighted by Crippen LogP contribution is 2.48. The first kappa shape index (κ1) is 22.6. The van der Waals surface area contributed by atoms with Crippen LogP contribution in [0.15, 0.2) is 24.3 Å². The molecule has 8 heteroatoms. The van der Waals surface area contributed by atoms with E-state index in [1.54, 1.807) is 0 Å². The van der Waals surface area contributed by atoms with E-state index in [4.69, 9.17) is 5.73 Å². The van der Waals surface area contributed by atoms with E-state index in [2.05, 4.69) is 32.6 Å². The number of likely N-dealkylation sites (tertiary alicyclic amines) is 1. The van der Waals surface area contributed by atoms with E-state index in [0.29, 0.717) is 24.3 Å². The molecule has 1 saturated carbocycles. The van der Waals surface area contributed by atoms with Crippen LogP contribution in [0.1, 0.15) is 51.4 Å². The minimum absolute atomic E-state index is 0.203. The summed E-state index contributed by atoms with van der Waals surface area (Å²) < 4.78 is 0. The summed E-state index contributed by atoms with van der Waals surface area (Å²) in [4.78, 5) is 28.0. The third-order valence-corrected chi connectivity index (χ3v) is 8.33. The van der Waals surface area contributed by atoms with Gasteiger partial charge in [0.2, 0.25) is 11.8 Å². The zero-order valence-electron chi connectivity index (χ0n) is 19.4. The van der Waals surface area contributed by atoms with Gasteiger partial charge in [0, 0.05) is 43.5 Å². The predicted molar refractivity (Wildman–Crippen MR) is 128 cm³/mol. The van der Waals surface area contributed by atoms with E-state index in [0.717, 1.165) is 56.9 Å². The van der Waals surface area contributed by atoms with Crippen molar-refractivity contribution in [3.05, 3.63) is 24.3 Å². The first-order valence-corrected chi connectivity index (χ1v) is 12.5. The van der Waals surface area contributed by atoms with Crippen LogP contribution in [0.2, 0.25) is 0 Å². The number of hydrogen-bond acceptors (Lipinski definition) is 7. The molecular weight excluding hydrogens is 418 g/mol. The first-order valence-electron chi connectivity index (χ1n) is 12.5. The van der Waals surface area contributed by atoms with Gasteiger partial charge in [-0.05, 0) is 87.7 Å². The minimum atomic E-state index is -0.607. The SMILES string of the molecule is NC1CC2(CCN(CC3(O)CCN(c4ccc(NC5CCC(=O)NC5=O)cc4)CC3)CC2)C1. The largest absolute Gasteiger partial charge is 0.388 e. The number of hydrogen-bond donors (Lipinski definition) is 4. The van der Waals surface area contributed by atoms with Crippen LogP contribution in [-0.4, -0.2) is 72.2 Å². The topological polar surface area (TPSA) is 111 Å². The molecule has 1 aliphatic carbocycles. The number of piperidine rings is 3. The zero-order chi connectivity index (χ0) is 23.1. The van der Waals surface area contributed by atoms with E-state index in [9.17, 15) is 14.7 Å². The van der Waals surface area contributed by atoms with Crippen LogP contribution in [0.3, 0.4) is 0 Å². The number of aliphatic hydroxyl groups is 1. The van der Waals surface area contributed by atoms with Crippen molar-refractivity contribution >= 4 is 23.2 Å². The number of amides is 2. The minimum Gasteiger partial charge on any atom is -0.388 e. The molecule has 1 aromatic rings. The highest BCUT2D eigenvalue weighted by molar-refractivity contribution is 6.01. The van der Waals surface area contributed by atoms with Gasteiger partial charge in [-0.3, -0.25) is 14.9 Å². The monoisotopic (exact) mass is 455 g/mol. The molecule has 180 valence electrons. The van der Waals surface area contributed by atoms with Gasteiger partial charge in [0.15, 0.2) is 0 Å². The molecule has 0 aromatic heterocycles. The average Bonchev–Trinajstić information content (AvgIpc) is 2.77. The molecule has 4 aliphatic rings. The molecule has 5 N–H and O–H groups in total. The Morgan fingerprint density at radius 1 is 1.03 bits per heavy atom. The maximum absolute atomic E-state index is 12.0. The highest BCUT2D eigenvalue weighted by atomic mass is 16.3. The van der Waals surface area contributed by atoms with Gasteiger partial charge < -0.3 is 26.0 Å². The van der Waals surface area contributed by atoms with Gasteiger partial charge in [-0.25, -0.2) is 0 Å². The Hall–Kier alpha value is -2.16. The molecule has 0 bridgehead atoms. The van der Waals surface area contributed by atoms with Gasteiger partial charge in [0.25, 0.3) is 0 Å². The van der Waals surface area contributed by atoms with E-state index >= 15 is 0 Å². The molecule has 1 atom stereocenters. The predicted octanol–water partition coefficient (Wildman–Crippen LogP) is 1.44. The van der Waals surface area contributed by atoms with Crippen molar-refractivity contribution in [1.29, 1.82) is 0 Å². The summed E-state index contributed by atoms with van der Waals surface area (Å²) in [5.41, 5.74) is 7.92. The fourth-order valence-corrected chi connectivity index (χ4v) is 6.20. The number of carbonyl (C=O) groups is 2. The molecule has 3 heterocycles. The smallest absolute Gasteiger partial charge is 0.249 e. The van der Waals surface area contributed by atoms with E-state index in [1.807, 2.05) is 12.1 Å². The molecule has 33 heavy (non-hydrogen) atoms. The lowest BCUT2D eigenvalue weighted by Gasteiger charge is -2.52. The number of rotatable bonds is 5. The summed E-state index contributed by atoms with van der Waals surface area (Å²) in [7, 11) is 0. The number of carbonyl (C=O) groups excluding carboxylic acids is 2. The van der Waals surface area contributed by atoms with E-state index < -0.39 is 5.60 Å². The standard InChI is InChI=1S/C25H37N5O3/c26-18-15-24(16-18)7-11-29(12-8-24)17-25(33)9-13-30(14-10-25)20-3-1-19(2-4-20)27-21-5-6-22(31)28-23(21)32/h1-4,18,21,27,33H,5-17,26H2,(H,28,31,32). The van der Waals surface area contributed by atoms with Crippen LogP contribution in [0.5, 0.6) is 0 Å². The fourth-order valence-electron chi connectivity index (χ4n) is 6.20. The summed E-state index contributed by atoms with van der Waals surface area (Å²) in [6.45, 7) is 4.62. The maximum atomic E-state index is 12.0. The van der Waals surface area contributed by atoms with Crippen LogP contribution in [0, 0.1) is 5.41 Å². The van der Waals surface area contributed by atoms with Crippen molar-refractivity contribution in [2.24, 2.45) is 11.1 Å². The van der Waals surface area contributed by atoms with Crippen molar-refractivity contribution in [3.63, 3.8) is 0 Å². The van der Waals surface area contributed by atoms with Gasteiger partial charge in [-0.1, -0.05) is 0 Å². The molecule has 1 aromatic carbocycles. The van der Waals surface area contributed by atoms with E-state index in [1.165, 1.54) is 25.7 Å². The number of nitrogens with zero attached hydrogens (tertiary/aromatic N) is 2. The van der Waals surface area contributed by atoms with Crippen LogP contribution in [0.4, 0.5) is 11.4 Å². The Morgan fingerprint density at radius 2 is 1.70 bits per heavy atom. The average molecular weight is 456 g/mol. The zero-order valence-corrected chi connectivity index (χ0v) is 19.4. The normalized spacial score (nSPS) is 27.8. The summed E-state index contributed by atoms with van der Waals surface area (Å²) in [6.07, 6.45) is 7.24. The third-order valence-electron chi connectivity index (χ3n) is 8.33. The lowest BCUT2D eigenvalue weighted by Crippen LogP contribution is -2.56. The molecule has 3 saturated heterocycles. The van der Waals surface area contributed by atoms with Crippen molar-refractivity contribution in [2.75, 3.05) is 42.9 Å². The number of nitrogens with two attached hydrogens (primary N) is 1. The molecule has 1 spiro atoms. The number of benzene rings is 1. The third kappa shape index (κ3) is 5.03. The highest BCUT2D eigenvalue weighted by Gasteiger charge is 2.45. The van der Waals surface area contributed by atoms with Crippen molar-refractivity contribution in [2.45, 2.75) is 69.1 Å². The van der Waals surface area contributed by atoms with Crippen LogP contribution >= 0.6 is 0 Å². The Morgan fingerprint density at radius 3 is 2.30 bits per heavy atom. The molecule has 0 radical (unpaired) electrons. The molecule has 2 amide bonds. The maximum Gasteiger partial charge on any atom is 0.249 e. The van der Waals surface area contributed by atoms with Crippen LogP contribution < -0.4 is 21.3 Å². The summed E-state index contributed by atoms with van der Waals surface area (Å²) in [5, 5.41) is 16.8. The second-order valence-electron chi connectivity index (χ2n) is 10.9. The van der Waals surface area contributed by atoms with Crippen molar-refractivity contribution < 1.29 is 14.7 Å². The van der Waals surface area contributed by atoms with Crippen LogP contribution in [-0.2, 0) is 9.59 Å². The van der Waals surface area contributed by atoms with Gasteiger partial charge in [-0.15, -0.1) is 0 Å². The van der Waals surface area contributed by atoms with E-state index in [-0.39, 0.29) is 17.9 Å². The second-order valence-corrected chi connectivity index (χ2v) is 10.9. The summed E-state index contributed by atoms with van der Waals surface area (Å²) in [5.74, 6) is -0.462. The lowest BCUT2D eigenvalue weighted by molar-refractivity contribution is -0.133. The number of β-amino-alcohol motifs (C(OH)–C–C–N with tert-alkyl or cyclic N) is 1. The molecule has 5 rings (SSSR count). The summed E-state index contributed by atoms with van der Waals surface area (Å²) >= 11 is 0. The second kappa shape index (κ2) is 8.89. The van der Waals surface area contributed by atoms with Gasteiger partial charge in [0.05, 0.1) is 5.60 Å². The molecular formula is C25H37N5O3. The van der Waals surface area contributed by atoms with Gasteiger partial charge in [-0.2, -0.15) is 0 Å². The molecule has 1 unspecified atom stereocenters. The van der Waals surface area contributed by atoms with Crippen LogP contribution in [0.25, 0.3) is 0 Å². The number of anilines is 2. The summed E-state index contributed by atoms with van der Waals surface area (Å²) in [6, 6.07) is 8.13. The lowest BCUT2D eigenvalue weighted by atomic mass is 9.60. The Balaban J connectivity index is 1.09. The van der Waals surface area contributed by atoms with Crippen molar-refractivity contribution in [3.8, 4) is 0 Å². The molecule has 3 aliphatic heterocycles. The molecule has 8 nitrogen and oxygen atoms in total. The number of nitrogens with one attached hydrogen (secondary N) is 2. The van der Waals surface area contributed by atoms with Gasteiger partial charge >= 0.3 is 0 Å². The Labute approximate surface area is 195 Å². The quantitative estimate of drug-likeness (QED) is 0.497. The first-order chi connectivity index (χ1) is 15.8. The fraction of sp³-hybridized carbons (Fsp3) is 0.680. The Bertz CT molecular complexity index is 865. The Kier molecular flexibility index (Phi) is 6.09.